The van der Waals surface area contributed by atoms with Crippen molar-refractivity contribution in [3.63, 3.8) is 0 Å². The van der Waals surface area contributed by atoms with Gasteiger partial charge in [-0.1, -0.05) is 195 Å². The molecule has 2 aromatic heterocycles. The number of aromatic nitrogens is 1. The molecule has 1 saturated carbocycles. The summed E-state index contributed by atoms with van der Waals surface area (Å²) in [7, 11) is 0. The number of benzene rings is 10. The Balaban J connectivity index is 1.09. The van der Waals surface area contributed by atoms with Gasteiger partial charge in [-0.3, -0.25) is 0 Å². The highest BCUT2D eigenvalue weighted by molar-refractivity contribution is 6.15. The van der Waals surface area contributed by atoms with Gasteiger partial charge < -0.3 is 13.9 Å². The van der Waals surface area contributed by atoms with Crippen molar-refractivity contribution in [3.8, 4) is 39.1 Å². The first-order chi connectivity index (χ1) is 33.3. The number of hydrogen-bond acceptors (Lipinski definition) is 2. The molecule has 0 bridgehead atoms. The van der Waals surface area contributed by atoms with Crippen LogP contribution in [-0.2, 0) is 0 Å². The standard InChI is InChI=1S/C64H48N2O/c1-3-20-43(21-4-1)48-32-16-22-44-23-17-34-54(62(44)48)50-28-7-11-38-58(50)65(47-27-15-24-45(42-47)49-33-18-37-57-53-31-10-14-41-61(53)67-64(49)57)59-39-12-8-29-51(59)55-35-19-36-56-52-30-9-13-40-60(52)66(63(55)56)46-25-5-2-6-26-46/h2,5-19,22-43H,1,3-4,20-21H2. The van der Waals surface area contributed by atoms with Crippen LogP contribution in [0, 0.1) is 0 Å². The molecular weight excluding hydrogens is 813 g/mol. The zero-order valence-electron chi connectivity index (χ0n) is 37.3. The van der Waals surface area contributed by atoms with Crippen molar-refractivity contribution in [3.05, 3.63) is 230 Å². The zero-order valence-corrected chi connectivity index (χ0v) is 37.3. The predicted octanol–water partition coefficient (Wildman–Crippen LogP) is 18.4. The summed E-state index contributed by atoms with van der Waals surface area (Å²) in [6.07, 6.45) is 6.39. The van der Waals surface area contributed by atoms with Crippen molar-refractivity contribution in [1.82, 2.24) is 4.57 Å². The number of furan rings is 1. The molecule has 320 valence electrons. The van der Waals surface area contributed by atoms with E-state index in [0.29, 0.717) is 5.92 Å². The molecule has 10 aromatic carbocycles. The summed E-state index contributed by atoms with van der Waals surface area (Å²) < 4.78 is 9.11. The first kappa shape index (κ1) is 39.2. The molecule has 0 aliphatic heterocycles. The van der Waals surface area contributed by atoms with Gasteiger partial charge >= 0.3 is 0 Å². The molecule has 0 spiro atoms. The van der Waals surface area contributed by atoms with E-state index in [1.807, 2.05) is 6.07 Å². The molecule has 3 heteroatoms. The maximum absolute atomic E-state index is 6.66. The van der Waals surface area contributed by atoms with Crippen molar-refractivity contribution in [2.24, 2.45) is 0 Å². The van der Waals surface area contributed by atoms with Gasteiger partial charge in [0.15, 0.2) is 0 Å². The minimum Gasteiger partial charge on any atom is -0.455 e. The van der Waals surface area contributed by atoms with Gasteiger partial charge in [-0.25, -0.2) is 0 Å². The Morgan fingerprint density at radius 1 is 0.433 bits per heavy atom. The van der Waals surface area contributed by atoms with Crippen molar-refractivity contribution in [2.75, 3.05) is 4.90 Å². The molecule has 0 atom stereocenters. The average molecular weight is 861 g/mol. The normalized spacial score (nSPS) is 13.3. The van der Waals surface area contributed by atoms with E-state index in [-0.39, 0.29) is 0 Å². The minimum absolute atomic E-state index is 0.553. The maximum atomic E-state index is 6.66. The molecule has 0 unspecified atom stereocenters. The van der Waals surface area contributed by atoms with E-state index in [0.717, 1.165) is 61.4 Å². The smallest absolute Gasteiger partial charge is 0.143 e. The van der Waals surface area contributed by atoms with Crippen LogP contribution in [0.4, 0.5) is 17.1 Å². The molecule has 67 heavy (non-hydrogen) atoms. The Bertz CT molecular complexity index is 3810. The molecule has 12 aromatic rings. The first-order valence-electron chi connectivity index (χ1n) is 23.9. The third-order valence-electron chi connectivity index (χ3n) is 14.4. The Morgan fingerprint density at radius 3 is 1.85 bits per heavy atom. The molecule has 1 fully saturated rings. The minimum atomic E-state index is 0.553. The lowest BCUT2D eigenvalue weighted by molar-refractivity contribution is 0.445. The number of hydrogen-bond donors (Lipinski definition) is 0. The summed E-state index contributed by atoms with van der Waals surface area (Å²) in [6.45, 7) is 0. The van der Waals surface area contributed by atoms with Gasteiger partial charge in [0.25, 0.3) is 0 Å². The van der Waals surface area contributed by atoms with Crippen molar-refractivity contribution in [2.45, 2.75) is 38.0 Å². The second-order valence-corrected chi connectivity index (χ2v) is 18.2. The Labute approximate surface area is 390 Å². The van der Waals surface area contributed by atoms with E-state index in [1.54, 1.807) is 0 Å². The monoisotopic (exact) mass is 860 g/mol. The van der Waals surface area contributed by atoms with Crippen LogP contribution < -0.4 is 4.90 Å². The molecule has 0 amide bonds. The van der Waals surface area contributed by atoms with Gasteiger partial charge in [-0.15, -0.1) is 0 Å². The third kappa shape index (κ3) is 6.56. The first-order valence-corrected chi connectivity index (χ1v) is 23.9. The summed E-state index contributed by atoms with van der Waals surface area (Å²) in [5, 5.41) is 7.39. The summed E-state index contributed by atoms with van der Waals surface area (Å²) in [5.41, 5.74) is 17.0. The van der Waals surface area contributed by atoms with Crippen molar-refractivity contribution < 1.29 is 4.42 Å². The average Bonchev–Trinajstić information content (AvgIpc) is 3.96. The van der Waals surface area contributed by atoms with Crippen LogP contribution in [0.5, 0.6) is 0 Å². The predicted molar refractivity (Wildman–Crippen MR) is 282 cm³/mol. The Hall–Kier alpha value is -8.14. The van der Waals surface area contributed by atoms with Gasteiger partial charge in [0, 0.05) is 55.2 Å². The molecular formula is C64H48N2O. The summed E-state index contributed by atoms with van der Waals surface area (Å²) in [4.78, 5) is 2.52. The van der Waals surface area contributed by atoms with Crippen LogP contribution in [0.3, 0.4) is 0 Å². The van der Waals surface area contributed by atoms with E-state index in [4.69, 9.17) is 4.42 Å². The molecule has 3 nitrogen and oxygen atoms in total. The van der Waals surface area contributed by atoms with Crippen LogP contribution in [0.1, 0.15) is 43.6 Å². The third-order valence-corrected chi connectivity index (χ3v) is 14.4. The quantitative estimate of drug-likeness (QED) is 0.152. The van der Waals surface area contributed by atoms with Crippen LogP contribution in [0.2, 0.25) is 0 Å². The number of anilines is 3. The second-order valence-electron chi connectivity index (χ2n) is 18.2. The molecule has 0 N–H and O–H groups in total. The SMILES string of the molecule is c1ccc(-n2c3ccccc3c3cccc(-c4ccccc4N(c4cccc(-c5cccc6c5oc5ccccc56)c4)c4ccccc4-c4cccc5cccc(C6CCCCC6)c45)c32)cc1. The van der Waals surface area contributed by atoms with Crippen LogP contribution in [-0.4, -0.2) is 4.57 Å². The number of para-hydroxylation sites is 7. The lowest BCUT2D eigenvalue weighted by Crippen LogP contribution is -2.13. The Kier molecular flexibility index (Phi) is 9.60. The van der Waals surface area contributed by atoms with Crippen molar-refractivity contribution >= 4 is 71.6 Å². The van der Waals surface area contributed by atoms with E-state index in [1.165, 1.54) is 86.9 Å². The largest absolute Gasteiger partial charge is 0.455 e. The molecule has 1 aliphatic carbocycles. The highest BCUT2D eigenvalue weighted by Gasteiger charge is 2.26. The van der Waals surface area contributed by atoms with Crippen LogP contribution >= 0.6 is 0 Å². The van der Waals surface area contributed by atoms with Crippen LogP contribution in [0.25, 0.3) is 93.6 Å². The van der Waals surface area contributed by atoms with E-state index < -0.39 is 0 Å². The van der Waals surface area contributed by atoms with Gasteiger partial charge in [0.2, 0.25) is 0 Å². The van der Waals surface area contributed by atoms with E-state index in [2.05, 4.69) is 228 Å². The molecule has 0 saturated heterocycles. The number of nitrogens with zero attached hydrogens (tertiary/aromatic N) is 2. The van der Waals surface area contributed by atoms with E-state index in [9.17, 15) is 0 Å². The fourth-order valence-corrected chi connectivity index (χ4v) is 11.4. The highest BCUT2D eigenvalue weighted by atomic mass is 16.3. The van der Waals surface area contributed by atoms with E-state index >= 15 is 0 Å². The maximum Gasteiger partial charge on any atom is 0.143 e. The molecule has 0 radical (unpaired) electrons. The molecule has 13 rings (SSSR count). The Morgan fingerprint density at radius 2 is 1.03 bits per heavy atom. The summed E-state index contributed by atoms with van der Waals surface area (Å²) >= 11 is 0. The molecule has 2 heterocycles. The number of rotatable bonds is 8. The number of fused-ring (bicyclic) bond motifs is 7. The topological polar surface area (TPSA) is 21.3 Å². The van der Waals surface area contributed by atoms with Gasteiger partial charge in [-0.2, -0.15) is 0 Å². The lowest BCUT2D eigenvalue weighted by atomic mass is 9.80. The highest BCUT2D eigenvalue weighted by Crippen LogP contribution is 2.50. The van der Waals surface area contributed by atoms with Gasteiger partial charge in [0.1, 0.15) is 11.2 Å². The fraction of sp³-hybridized carbons (Fsp3) is 0.0938. The lowest BCUT2D eigenvalue weighted by Gasteiger charge is -2.31. The fourth-order valence-electron chi connectivity index (χ4n) is 11.4. The zero-order chi connectivity index (χ0) is 44.3. The van der Waals surface area contributed by atoms with Crippen molar-refractivity contribution in [1.29, 1.82) is 0 Å². The summed E-state index contributed by atoms with van der Waals surface area (Å²) in [5.74, 6) is 0.553. The molecule has 1 aliphatic rings. The second kappa shape index (κ2) is 16.4. The van der Waals surface area contributed by atoms with Gasteiger partial charge in [0.05, 0.1) is 22.4 Å². The van der Waals surface area contributed by atoms with Crippen LogP contribution in [0.15, 0.2) is 229 Å². The van der Waals surface area contributed by atoms with Gasteiger partial charge in [-0.05, 0) is 94.8 Å². The summed E-state index contributed by atoms with van der Waals surface area (Å²) in [6, 6.07) is 82.3.